The zero-order valence-corrected chi connectivity index (χ0v) is 10.2. The van der Waals surface area contributed by atoms with Gasteiger partial charge in [0.05, 0.1) is 16.0 Å². The number of hydrogen-bond donors (Lipinski definition) is 1. The summed E-state index contributed by atoms with van der Waals surface area (Å²) in [5.41, 5.74) is 5.52. The molecule has 2 rings (SSSR count). The molecule has 2 aromatic carbocycles. The van der Waals surface area contributed by atoms with Gasteiger partial charge in [0.15, 0.2) is 0 Å². The first-order chi connectivity index (χ1) is 8.95. The van der Waals surface area contributed by atoms with Crippen LogP contribution in [0.1, 0.15) is 0 Å². The summed E-state index contributed by atoms with van der Waals surface area (Å²) in [5.74, 6) is -0.168. The first kappa shape index (κ1) is 13.1. The Labute approximate surface area is 112 Å². The predicted molar refractivity (Wildman–Crippen MR) is 69.0 cm³/mol. The van der Waals surface area contributed by atoms with Gasteiger partial charge in [-0.25, -0.2) is 4.39 Å². The van der Waals surface area contributed by atoms with Crippen LogP contribution in [0.25, 0.3) is 0 Å². The minimum absolute atomic E-state index is 0.0603. The lowest BCUT2D eigenvalue weighted by atomic mass is 10.2. The van der Waals surface area contributed by atoms with Crippen molar-refractivity contribution >= 4 is 23.0 Å². The van der Waals surface area contributed by atoms with Gasteiger partial charge in [-0.05, 0) is 18.2 Å². The maximum atomic E-state index is 12.9. The number of nitrogen functional groups attached to an aromatic ring is 1. The van der Waals surface area contributed by atoms with Crippen LogP contribution in [-0.2, 0) is 0 Å². The monoisotopic (exact) mass is 282 g/mol. The highest BCUT2D eigenvalue weighted by Gasteiger charge is 2.11. The molecule has 0 aliphatic rings. The van der Waals surface area contributed by atoms with Crippen LogP contribution in [0.4, 0.5) is 15.8 Å². The molecule has 0 radical (unpaired) electrons. The summed E-state index contributed by atoms with van der Waals surface area (Å²) >= 11 is 5.79. The average molecular weight is 283 g/mol. The smallest absolute Gasteiger partial charge is 0.275 e. The summed E-state index contributed by atoms with van der Waals surface area (Å²) in [6, 6.07) is 7.40. The number of nitro benzene ring substituents is 1. The Balaban J connectivity index is 2.35. The molecule has 0 aromatic heterocycles. The molecular weight excluding hydrogens is 275 g/mol. The number of nitro groups is 1. The molecule has 0 atom stereocenters. The number of rotatable bonds is 3. The van der Waals surface area contributed by atoms with Gasteiger partial charge in [-0.2, -0.15) is 0 Å². The Hall–Kier alpha value is -2.34. The van der Waals surface area contributed by atoms with Crippen molar-refractivity contribution in [2.75, 3.05) is 5.73 Å². The molecule has 19 heavy (non-hydrogen) atoms. The van der Waals surface area contributed by atoms with E-state index in [-0.39, 0.29) is 27.9 Å². The second-order valence-corrected chi connectivity index (χ2v) is 4.10. The van der Waals surface area contributed by atoms with Crippen LogP contribution in [0, 0.1) is 15.9 Å². The highest BCUT2D eigenvalue weighted by molar-refractivity contribution is 6.32. The maximum absolute atomic E-state index is 12.9. The van der Waals surface area contributed by atoms with Crippen molar-refractivity contribution in [1.29, 1.82) is 0 Å². The number of benzene rings is 2. The lowest BCUT2D eigenvalue weighted by molar-refractivity contribution is -0.384. The number of hydrogen-bond acceptors (Lipinski definition) is 4. The van der Waals surface area contributed by atoms with Crippen molar-refractivity contribution in [2.24, 2.45) is 0 Å². The van der Waals surface area contributed by atoms with Crippen LogP contribution in [-0.4, -0.2) is 4.92 Å². The molecule has 0 fully saturated rings. The molecule has 0 aliphatic carbocycles. The minimum atomic E-state index is -0.588. The van der Waals surface area contributed by atoms with E-state index in [1.165, 1.54) is 30.3 Å². The van der Waals surface area contributed by atoms with E-state index in [1.807, 2.05) is 0 Å². The van der Waals surface area contributed by atoms with Crippen molar-refractivity contribution in [1.82, 2.24) is 0 Å². The average Bonchev–Trinajstić information content (AvgIpc) is 2.32. The molecule has 0 amide bonds. The quantitative estimate of drug-likeness (QED) is 0.528. The Morgan fingerprint density at radius 3 is 2.63 bits per heavy atom. The predicted octanol–water partition coefficient (Wildman–Crippen LogP) is 3.76. The molecule has 98 valence electrons. The van der Waals surface area contributed by atoms with E-state index in [2.05, 4.69) is 0 Å². The second kappa shape index (κ2) is 5.11. The van der Waals surface area contributed by atoms with E-state index in [4.69, 9.17) is 22.1 Å². The molecule has 0 spiro atoms. The number of nitrogens with zero attached hydrogens (tertiary/aromatic N) is 1. The lowest BCUT2D eigenvalue weighted by Gasteiger charge is -2.08. The van der Waals surface area contributed by atoms with Crippen LogP contribution >= 0.6 is 11.6 Å². The Morgan fingerprint density at radius 2 is 2.00 bits per heavy atom. The molecule has 0 unspecified atom stereocenters. The fourth-order valence-corrected chi connectivity index (χ4v) is 1.66. The molecule has 0 saturated heterocycles. The van der Waals surface area contributed by atoms with Crippen LogP contribution in [0.3, 0.4) is 0 Å². The minimum Gasteiger partial charge on any atom is -0.455 e. The van der Waals surface area contributed by atoms with Gasteiger partial charge in [0.25, 0.3) is 5.69 Å². The molecule has 0 bridgehead atoms. The maximum Gasteiger partial charge on any atom is 0.275 e. The van der Waals surface area contributed by atoms with Gasteiger partial charge < -0.3 is 10.5 Å². The Morgan fingerprint density at radius 1 is 1.26 bits per heavy atom. The van der Waals surface area contributed by atoms with E-state index in [9.17, 15) is 14.5 Å². The second-order valence-electron chi connectivity index (χ2n) is 3.69. The summed E-state index contributed by atoms with van der Waals surface area (Å²) in [4.78, 5) is 10.1. The van der Waals surface area contributed by atoms with Gasteiger partial charge in [-0.1, -0.05) is 11.6 Å². The number of non-ortho nitro benzene ring substituents is 1. The van der Waals surface area contributed by atoms with E-state index < -0.39 is 10.7 Å². The highest BCUT2D eigenvalue weighted by Crippen LogP contribution is 2.32. The third kappa shape index (κ3) is 3.11. The standard InChI is InChI=1S/C12H8ClFN2O3/c13-11-3-7(14)1-2-12(11)19-10-5-8(15)4-9(6-10)16(17)18/h1-6H,15H2. The van der Waals surface area contributed by atoms with Crippen molar-refractivity contribution in [3.8, 4) is 11.5 Å². The number of anilines is 1. The third-order valence-electron chi connectivity index (χ3n) is 2.25. The molecule has 2 aromatic rings. The van der Waals surface area contributed by atoms with Crippen LogP contribution in [0.2, 0.25) is 5.02 Å². The summed E-state index contributed by atoms with van der Waals surface area (Å²) in [7, 11) is 0. The van der Waals surface area contributed by atoms with Crippen molar-refractivity contribution in [2.45, 2.75) is 0 Å². The van der Waals surface area contributed by atoms with E-state index >= 15 is 0 Å². The zero-order chi connectivity index (χ0) is 14.0. The third-order valence-corrected chi connectivity index (χ3v) is 2.54. The first-order valence-electron chi connectivity index (χ1n) is 5.13. The highest BCUT2D eigenvalue weighted by atomic mass is 35.5. The zero-order valence-electron chi connectivity index (χ0n) is 9.47. The van der Waals surface area contributed by atoms with Gasteiger partial charge >= 0.3 is 0 Å². The summed E-state index contributed by atoms with van der Waals surface area (Å²) in [6.45, 7) is 0. The fraction of sp³-hybridized carbons (Fsp3) is 0. The topological polar surface area (TPSA) is 78.4 Å². The Kier molecular flexibility index (Phi) is 3.52. The van der Waals surface area contributed by atoms with Crippen LogP contribution in [0.5, 0.6) is 11.5 Å². The number of halogens is 2. The van der Waals surface area contributed by atoms with Gasteiger partial charge in [-0.3, -0.25) is 10.1 Å². The van der Waals surface area contributed by atoms with Crippen LogP contribution < -0.4 is 10.5 Å². The summed E-state index contributed by atoms with van der Waals surface area (Å²) < 4.78 is 18.2. The largest absolute Gasteiger partial charge is 0.455 e. The molecule has 5 nitrogen and oxygen atoms in total. The van der Waals surface area contributed by atoms with Crippen molar-refractivity contribution < 1.29 is 14.1 Å². The molecule has 0 saturated carbocycles. The van der Waals surface area contributed by atoms with Crippen molar-refractivity contribution in [3.63, 3.8) is 0 Å². The van der Waals surface area contributed by atoms with Gasteiger partial charge in [0.2, 0.25) is 0 Å². The molecule has 0 heterocycles. The normalized spacial score (nSPS) is 10.2. The molecule has 2 N–H and O–H groups in total. The number of ether oxygens (including phenoxy) is 1. The summed E-state index contributed by atoms with van der Waals surface area (Å²) in [6.07, 6.45) is 0. The fourth-order valence-electron chi connectivity index (χ4n) is 1.46. The van der Waals surface area contributed by atoms with Gasteiger partial charge in [0, 0.05) is 17.8 Å². The number of nitrogens with two attached hydrogens (primary N) is 1. The lowest BCUT2D eigenvalue weighted by Crippen LogP contribution is -1.94. The van der Waals surface area contributed by atoms with E-state index in [0.29, 0.717) is 0 Å². The van der Waals surface area contributed by atoms with Crippen molar-refractivity contribution in [3.05, 3.63) is 57.4 Å². The molecule has 7 heteroatoms. The van der Waals surface area contributed by atoms with Crippen LogP contribution in [0.15, 0.2) is 36.4 Å². The molecule has 0 aliphatic heterocycles. The van der Waals surface area contributed by atoms with E-state index in [0.717, 1.165) is 6.07 Å². The SMILES string of the molecule is Nc1cc(Oc2ccc(F)cc2Cl)cc([N+](=O)[O-])c1. The van der Waals surface area contributed by atoms with Gasteiger partial charge in [0.1, 0.15) is 17.3 Å². The van der Waals surface area contributed by atoms with Gasteiger partial charge in [-0.15, -0.1) is 0 Å². The Bertz CT molecular complexity index is 649. The summed E-state index contributed by atoms with van der Waals surface area (Å²) in [5, 5.41) is 10.7. The van der Waals surface area contributed by atoms with E-state index in [1.54, 1.807) is 0 Å². The molecular formula is C12H8ClFN2O3. The first-order valence-corrected chi connectivity index (χ1v) is 5.51.